The van der Waals surface area contributed by atoms with Crippen molar-refractivity contribution in [2.24, 2.45) is 0 Å². The first kappa shape index (κ1) is 14.8. The molecule has 1 aromatic carbocycles. The van der Waals surface area contributed by atoms with Crippen molar-refractivity contribution in [1.82, 2.24) is 0 Å². The lowest BCUT2D eigenvalue weighted by atomic mass is 10.1. The molecule has 0 aliphatic carbocycles. The number of carbonyl (C=O) groups is 1. The van der Waals surface area contributed by atoms with Gasteiger partial charge in [-0.25, -0.2) is 0 Å². The van der Waals surface area contributed by atoms with Crippen LogP contribution in [0.5, 0.6) is 0 Å². The fourth-order valence-electron chi connectivity index (χ4n) is 1.53. The molecule has 0 spiro atoms. The third-order valence-electron chi connectivity index (χ3n) is 2.37. The molecule has 0 saturated heterocycles. The summed E-state index contributed by atoms with van der Waals surface area (Å²) in [5.41, 5.74) is 0.798. The topological polar surface area (TPSA) is 89.7 Å². The van der Waals surface area contributed by atoms with Gasteiger partial charge in [0.25, 0.3) is 5.69 Å². The van der Waals surface area contributed by atoms with Crippen LogP contribution in [-0.2, 0) is 16.1 Å². The van der Waals surface area contributed by atoms with Crippen LogP contribution in [-0.4, -0.2) is 22.6 Å². The number of ether oxygens (including phenoxy) is 1. The zero-order chi connectivity index (χ0) is 14.3. The Morgan fingerprint density at radius 3 is 2.84 bits per heavy atom. The summed E-state index contributed by atoms with van der Waals surface area (Å²) in [5.74, 6) is -0.331. The van der Waals surface area contributed by atoms with Crippen molar-refractivity contribution in [3.63, 3.8) is 0 Å². The fourth-order valence-corrected chi connectivity index (χ4v) is 1.53. The standard InChI is InChI=1S/C13H15NO5/c1-2-19-13(16)5-3-4-10-6-7-12(14(17)18)11(8-10)9-15/h3-4,6-8,15H,2,5,9H2,1H3. The van der Waals surface area contributed by atoms with E-state index in [1.165, 1.54) is 12.1 Å². The lowest BCUT2D eigenvalue weighted by Gasteiger charge is -2.01. The zero-order valence-corrected chi connectivity index (χ0v) is 10.5. The molecule has 1 aromatic rings. The molecule has 0 saturated carbocycles. The van der Waals surface area contributed by atoms with Crippen molar-refractivity contribution >= 4 is 17.7 Å². The molecule has 0 atom stereocenters. The SMILES string of the molecule is CCOC(=O)CC=Cc1ccc([N+](=O)[O-])c(CO)c1. The maximum absolute atomic E-state index is 11.1. The number of hydrogen-bond acceptors (Lipinski definition) is 5. The molecule has 0 aliphatic heterocycles. The summed E-state index contributed by atoms with van der Waals surface area (Å²) in [5, 5.41) is 19.8. The second-order valence-corrected chi connectivity index (χ2v) is 3.71. The summed E-state index contributed by atoms with van der Waals surface area (Å²) < 4.78 is 4.76. The van der Waals surface area contributed by atoms with E-state index < -0.39 is 11.5 Å². The van der Waals surface area contributed by atoms with Gasteiger partial charge < -0.3 is 9.84 Å². The predicted molar refractivity (Wildman–Crippen MR) is 69.3 cm³/mol. The summed E-state index contributed by atoms with van der Waals surface area (Å²) >= 11 is 0. The largest absolute Gasteiger partial charge is 0.466 e. The summed E-state index contributed by atoms with van der Waals surface area (Å²) in [6.45, 7) is 1.65. The molecule has 0 fully saturated rings. The van der Waals surface area contributed by atoms with E-state index in [1.807, 2.05) is 0 Å². The van der Waals surface area contributed by atoms with E-state index in [-0.39, 0.29) is 23.6 Å². The molecule has 0 aliphatic rings. The van der Waals surface area contributed by atoms with Gasteiger partial charge in [-0.2, -0.15) is 0 Å². The molecule has 1 rings (SSSR count). The van der Waals surface area contributed by atoms with Gasteiger partial charge in [-0.15, -0.1) is 0 Å². The van der Waals surface area contributed by atoms with E-state index in [2.05, 4.69) is 0 Å². The zero-order valence-electron chi connectivity index (χ0n) is 10.5. The van der Waals surface area contributed by atoms with Crippen molar-refractivity contribution in [2.45, 2.75) is 20.0 Å². The van der Waals surface area contributed by atoms with Crippen LogP contribution in [0.15, 0.2) is 24.3 Å². The number of hydrogen-bond donors (Lipinski definition) is 1. The number of nitro groups is 1. The normalized spacial score (nSPS) is 10.6. The van der Waals surface area contributed by atoms with Gasteiger partial charge in [0.2, 0.25) is 0 Å². The smallest absolute Gasteiger partial charge is 0.309 e. The summed E-state index contributed by atoms with van der Waals surface area (Å²) in [7, 11) is 0. The maximum atomic E-state index is 11.1. The van der Waals surface area contributed by atoms with Gasteiger partial charge in [-0.1, -0.05) is 12.2 Å². The van der Waals surface area contributed by atoms with Gasteiger partial charge in [-0.05, 0) is 24.6 Å². The molecule has 0 amide bonds. The van der Waals surface area contributed by atoms with Crippen LogP contribution < -0.4 is 0 Å². The second-order valence-electron chi connectivity index (χ2n) is 3.71. The Bertz CT molecular complexity index is 496. The Morgan fingerprint density at radius 2 is 2.26 bits per heavy atom. The third-order valence-corrected chi connectivity index (χ3v) is 2.37. The molecule has 0 unspecified atom stereocenters. The number of aliphatic hydroxyl groups is 1. The minimum Gasteiger partial charge on any atom is -0.466 e. The van der Waals surface area contributed by atoms with Gasteiger partial charge in [0, 0.05) is 6.07 Å². The minimum absolute atomic E-state index is 0.120. The Balaban J connectivity index is 2.77. The molecule has 0 heterocycles. The van der Waals surface area contributed by atoms with Gasteiger partial charge in [-0.3, -0.25) is 14.9 Å². The van der Waals surface area contributed by atoms with E-state index >= 15 is 0 Å². The number of nitrogens with zero attached hydrogens (tertiary/aromatic N) is 1. The van der Waals surface area contributed by atoms with Crippen molar-refractivity contribution in [3.8, 4) is 0 Å². The molecular weight excluding hydrogens is 250 g/mol. The first-order valence-corrected chi connectivity index (χ1v) is 5.78. The fraction of sp³-hybridized carbons (Fsp3) is 0.308. The number of esters is 1. The van der Waals surface area contributed by atoms with Crippen molar-refractivity contribution in [3.05, 3.63) is 45.5 Å². The highest BCUT2D eigenvalue weighted by atomic mass is 16.6. The first-order chi connectivity index (χ1) is 9.08. The van der Waals surface area contributed by atoms with Crippen molar-refractivity contribution in [2.75, 3.05) is 6.61 Å². The van der Waals surface area contributed by atoms with E-state index in [0.717, 1.165) is 0 Å². The number of aliphatic hydroxyl groups excluding tert-OH is 1. The molecule has 6 nitrogen and oxygen atoms in total. The van der Waals surface area contributed by atoms with Crippen molar-refractivity contribution in [1.29, 1.82) is 0 Å². The average molecular weight is 265 g/mol. The van der Waals surface area contributed by atoms with Crippen molar-refractivity contribution < 1.29 is 19.6 Å². The lowest BCUT2D eigenvalue weighted by Crippen LogP contribution is -2.01. The van der Waals surface area contributed by atoms with Crippen LogP contribution in [0.1, 0.15) is 24.5 Å². The molecule has 0 bridgehead atoms. The Morgan fingerprint density at radius 1 is 1.53 bits per heavy atom. The predicted octanol–water partition coefficient (Wildman–Crippen LogP) is 2.05. The number of carbonyl (C=O) groups excluding carboxylic acids is 1. The van der Waals surface area contributed by atoms with Gasteiger partial charge >= 0.3 is 5.97 Å². The molecule has 19 heavy (non-hydrogen) atoms. The van der Waals surface area contributed by atoms with Crippen LogP contribution in [0.25, 0.3) is 6.08 Å². The summed E-state index contributed by atoms with van der Waals surface area (Å²) in [4.78, 5) is 21.2. The quantitative estimate of drug-likeness (QED) is 0.483. The van der Waals surface area contributed by atoms with E-state index in [1.54, 1.807) is 25.1 Å². The van der Waals surface area contributed by atoms with Crippen LogP contribution in [0.3, 0.4) is 0 Å². The van der Waals surface area contributed by atoms with Crippen LogP contribution in [0.4, 0.5) is 5.69 Å². The Kier molecular flexibility index (Phi) is 5.69. The number of benzene rings is 1. The van der Waals surface area contributed by atoms with Gasteiger partial charge in [0.15, 0.2) is 0 Å². The van der Waals surface area contributed by atoms with Crippen LogP contribution in [0.2, 0.25) is 0 Å². The monoisotopic (exact) mass is 265 g/mol. The molecular formula is C13H15NO5. The van der Waals surface area contributed by atoms with E-state index in [0.29, 0.717) is 12.2 Å². The molecule has 0 aromatic heterocycles. The van der Waals surface area contributed by atoms with E-state index in [9.17, 15) is 14.9 Å². The summed E-state index contributed by atoms with van der Waals surface area (Å²) in [6.07, 6.45) is 3.40. The molecule has 6 heteroatoms. The highest BCUT2D eigenvalue weighted by molar-refractivity contribution is 5.72. The third kappa shape index (κ3) is 4.51. The summed E-state index contributed by atoms with van der Waals surface area (Å²) in [6, 6.07) is 4.40. The lowest BCUT2D eigenvalue weighted by molar-refractivity contribution is -0.385. The molecule has 102 valence electrons. The average Bonchev–Trinajstić information content (AvgIpc) is 2.38. The van der Waals surface area contributed by atoms with Crippen LogP contribution >= 0.6 is 0 Å². The van der Waals surface area contributed by atoms with Crippen LogP contribution in [0, 0.1) is 10.1 Å². The highest BCUT2D eigenvalue weighted by Crippen LogP contribution is 2.20. The number of nitro benzene ring substituents is 1. The molecule has 1 N–H and O–H groups in total. The number of rotatable bonds is 6. The molecule has 0 radical (unpaired) electrons. The first-order valence-electron chi connectivity index (χ1n) is 5.78. The van der Waals surface area contributed by atoms with Gasteiger partial charge in [0.1, 0.15) is 0 Å². The van der Waals surface area contributed by atoms with Gasteiger partial charge in [0.05, 0.1) is 30.1 Å². The van der Waals surface area contributed by atoms with E-state index in [4.69, 9.17) is 9.84 Å². The Hall–Kier alpha value is -2.21. The highest BCUT2D eigenvalue weighted by Gasteiger charge is 2.12. The second kappa shape index (κ2) is 7.27. The minimum atomic E-state index is -0.544. The Labute approximate surface area is 110 Å². The maximum Gasteiger partial charge on any atom is 0.309 e.